The quantitative estimate of drug-likeness (QED) is 0.900. The first-order chi connectivity index (χ1) is 8.78. The summed E-state index contributed by atoms with van der Waals surface area (Å²) in [7, 11) is 0. The number of alkyl halides is 3. The van der Waals surface area contributed by atoms with Crippen molar-refractivity contribution in [3.05, 3.63) is 28.2 Å². The molecule has 0 heterocycles. The highest BCUT2D eigenvalue weighted by Gasteiger charge is 2.38. The first-order valence-electron chi connectivity index (χ1n) is 6.16. The fourth-order valence-corrected chi connectivity index (χ4v) is 2.65. The number of halogens is 4. The van der Waals surface area contributed by atoms with E-state index in [1.165, 1.54) is 4.90 Å². The first kappa shape index (κ1) is 14.7. The monoisotopic (exact) mass is 336 g/mol. The van der Waals surface area contributed by atoms with E-state index in [1.807, 2.05) is 6.92 Å². The topological polar surface area (TPSA) is 29.3 Å². The molecule has 1 aromatic carbocycles. The smallest absolute Gasteiger partial charge is 0.359 e. The second kappa shape index (κ2) is 5.32. The van der Waals surface area contributed by atoms with Gasteiger partial charge in [0, 0.05) is 16.6 Å². The van der Waals surface area contributed by atoms with Gasteiger partial charge in [0.15, 0.2) is 0 Å². The zero-order valence-corrected chi connectivity index (χ0v) is 12.1. The summed E-state index contributed by atoms with van der Waals surface area (Å²) in [4.78, 5) is 1.43. The van der Waals surface area contributed by atoms with Crippen LogP contribution in [0.1, 0.15) is 31.4 Å². The van der Waals surface area contributed by atoms with E-state index in [0.29, 0.717) is 10.2 Å². The van der Waals surface area contributed by atoms with E-state index in [1.54, 1.807) is 18.2 Å². The molecule has 0 unspecified atom stereocenters. The number of hydrogen-bond acceptors (Lipinski definition) is 2. The third kappa shape index (κ3) is 3.86. The van der Waals surface area contributed by atoms with Gasteiger partial charge in [-0.05, 0) is 53.4 Å². The normalized spacial score (nSPS) is 17.4. The molecule has 0 aliphatic heterocycles. The number of nitrogens with zero attached hydrogens (tertiary/aromatic N) is 1. The maximum Gasteiger partial charge on any atom is 0.405 e. The van der Waals surface area contributed by atoms with Crippen molar-refractivity contribution in [2.75, 3.05) is 11.4 Å². The highest BCUT2D eigenvalue weighted by atomic mass is 79.9. The molecule has 1 saturated carbocycles. The van der Waals surface area contributed by atoms with Crippen LogP contribution in [0.2, 0.25) is 0 Å². The Morgan fingerprint density at radius 3 is 2.47 bits per heavy atom. The van der Waals surface area contributed by atoms with Gasteiger partial charge in [-0.1, -0.05) is 6.07 Å². The number of benzene rings is 1. The second-order valence-corrected chi connectivity index (χ2v) is 5.83. The molecule has 106 valence electrons. The molecule has 19 heavy (non-hydrogen) atoms. The highest BCUT2D eigenvalue weighted by molar-refractivity contribution is 9.10. The number of hydrogen-bond donors (Lipinski definition) is 1. The molecule has 2 nitrogen and oxygen atoms in total. The Hall–Kier alpha value is -0.750. The Morgan fingerprint density at radius 1 is 1.42 bits per heavy atom. The molecule has 0 aromatic heterocycles. The minimum Gasteiger partial charge on any atom is -0.359 e. The van der Waals surface area contributed by atoms with E-state index < -0.39 is 12.7 Å². The summed E-state index contributed by atoms with van der Waals surface area (Å²) in [5.41, 5.74) is 7.26. The second-order valence-electron chi connectivity index (χ2n) is 4.97. The van der Waals surface area contributed by atoms with Crippen LogP contribution in [0.5, 0.6) is 0 Å². The van der Waals surface area contributed by atoms with Gasteiger partial charge in [0.05, 0.1) is 5.69 Å². The van der Waals surface area contributed by atoms with Crippen LogP contribution >= 0.6 is 15.9 Å². The molecule has 6 heteroatoms. The minimum atomic E-state index is -4.19. The van der Waals surface area contributed by atoms with Crippen molar-refractivity contribution in [2.45, 2.75) is 38.0 Å². The molecule has 0 bridgehead atoms. The summed E-state index contributed by atoms with van der Waals surface area (Å²) in [5, 5.41) is 0. The van der Waals surface area contributed by atoms with Crippen molar-refractivity contribution in [3.8, 4) is 0 Å². The van der Waals surface area contributed by atoms with E-state index in [4.69, 9.17) is 5.73 Å². The van der Waals surface area contributed by atoms with Crippen molar-refractivity contribution < 1.29 is 13.2 Å². The van der Waals surface area contributed by atoms with Gasteiger partial charge in [0.1, 0.15) is 6.54 Å². The summed E-state index contributed by atoms with van der Waals surface area (Å²) < 4.78 is 38.6. The zero-order valence-electron chi connectivity index (χ0n) is 10.5. The molecule has 2 rings (SSSR count). The molecule has 1 fully saturated rings. The van der Waals surface area contributed by atoms with Gasteiger partial charge in [-0.3, -0.25) is 0 Å². The van der Waals surface area contributed by atoms with Gasteiger partial charge in [0.2, 0.25) is 0 Å². The van der Waals surface area contributed by atoms with Crippen molar-refractivity contribution >= 4 is 21.6 Å². The van der Waals surface area contributed by atoms with Crippen LogP contribution in [0.25, 0.3) is 0 Å². The fraction of sp³-hybridized carbons (Fsp3) is 0.538. The van der Waals surface area contributed by atoms with Crippen molar-refractivity contribution in [3.63, 3.8) is 0 Å². The highest BCUT2D eigenvalue weighted by Crippen LogP contribution is 2.38. The third-order valence-electron chi connectivity index (χ3n) is 3.14. The fourth-order valence-electron chi connectivity index (χ4n) is 2.03. The predicted molar refractivity (Wildman–Crippen MR) is 73.2 cm³/mol. The van der Waals surface area contributed by atoms with Crippen LogP contribution in [-0.4, -0.2) is 18.8 Å². The zero-order chi connectivity index (χ0) is 14.2. The van der Waals surface area contributed by atoms with Crippen molar-refractivity contribution in [2.24, 2.45) is 5.73 Å². The van der Waals surface area contributed by atoms with Gasteiger partial charge in [-0.15, -0.1) is 0 Å². The van der Waals surface area contributed by atoms with E-state index in [0.717, 1.165) is 18.4 Å². The van der Waals surface area contributed by atoms with Gasteiger partial charge in [-0.2, -0.15) is 13.2 Å². The number of rotatable bonds is 4. The van der Waals surface area contributed by atoms with Crippen LogP contribution in [0.3, 0.4) is 0 Å². The summed E-state index contributed by atoms with van der Waals surface area (Å²) in [6, 6.07) is 5.16. The molecule has 2 N–H and O–H groups in total. The Labute approximate surface area is 118 Å². The summed E-state index contributed by atoms with van der Waals surface area (Å²) in [6.07, 6.45) is -2.56. The lowest BCUT2D eigenvalue weighted by atomic mass is 10.1. The lowest BCUT2D eigenvalue weighted by Crippen LogP contribution is -2.36. The van der Waals surface area contributed by atoms with E-state index in [9.17, 15) is 13.2 Å². The standard InChI is InChI=1S/C13H16BrF3N2/c1-8(18)9-2-5-12(11(14)6-9)19(10-3-4-10)7-13(15,16)17/h2,5-6,8,10H,3-4,7,18H2,1H3/t8-/m0/s1. The molecule has 1 atom stereocenters. The van der Waals surface area contributed by atoms with Gasteiger partial charge in [-0.25, -0.2) is 0 Å². The van der Waals surface area contributed by atoms with Crippen LogP contribution in [0.15, 0.2) is 22.7 Å². The molecular formula is C13H16BrF3N2. The Balaban J connectivity index is 2.27. The SMILES string of the molecule is C[C@H](N)c1ccc(N(CC(F)(F)F)C2CC2)c(Br)c1. The van der Waals surface area contributed by atoms with Gasteiger partial charge in [0.25, 0.3) is 0 Å². The predicted octanol–water partition coefficient (Wildman–Crippen LogP) is 4.00. The average Bonchev–Trinajstić information content (AvgIpc) is 3.08. The molecule has 0 saturated heterocycles. The Morgan fingerprint density at radius 2 is 2.05 bits per heavy atom. The van der Waals surface area contributed by atoms with Crippen LogP contribution in [-0.2, 0) is 0 Å². The lowest BCUT2D eigenvalue weighted by Gasteiger charge is -2.27. The van der Waals surface area contributed by atoms with E-state index in [-0.39, 0.29) is 12.1 Å². The Kier molecular flexibility index (Phi) is 4.11. The molecule has 0 spiro atoms. The average molecular weight is 337 g/mol. The van der Waals surface area contributed by atoms with Crippen LogP contribution in [0.4, 0.5) is 18.9 Å². The molecule has 0 radical (unpaired) electrons. The van der Waals surface area contributed by atoms with E-state index >= 15 is 0 Å². The maximum absolute atomic E-state index is 12.6. The largest absolute Gasteiger partial charge is 0.405 e. The first-order valence-corrected chi connectivity index (χ1v) is 6.95. The molecule has 1 aromatic rings. The van der Waals surface area contributed by atoms with Gasteiger partial charge >= 0.3 is 6.18 Å². The third-order valence-corrected chi connectivity index (χ3v) is 3.78. The summed E-state index contributed by atoms with van der Waals surface area (Å²) >= 11 is 3.36. The molecular weight excluding hydrogens is 321 g/mol. The molecule has 0 amide bonds. The van der Waals surface area contributed by atoms with Crippen LogP contribution < -0.4 is 10.6 Å². The van der Waals surface area contributed by atoms with Crippen molar-refractivity contribution in [1.29, 1.82) is 0 Å². The van der Waals surface area contributed by atoms with E-state index in [2.05, 4.69) is 15.9 Å². The maximum atomic E-state index is 12.6. The number of anilines is 1. The summed E-state index contributed by atoms with van der Waals surface area (Å²) in [5.74, 6) is 0. The minimum absolute atomic E-state index is 0.000856. The Bertz CT molecular complexity index is 456. The van der Waals surface area contributed by atoms with Gasteiger partial charge < -0.3 is 10.6 Å². The molecule has 1 aliphatic carbocycles. The summed E-state index contributed by atoms with van der Waals surface area (Å²) in [6.45, 7) is 0.934. The molecule has 1 aliphatic rings. The van der Waals surface area contributed by atoms with Crippen molar-refractivity contribution in [1.82, 2.24) is 0 Å². The number of nitrogens with two attached hydrogens (primary N) is 1. The van der Waals surface area contributed by atoms with Crippen LogP contribution in [0, 0.1) is 0 Å². The lowest BCUT2D eigenvalue weighted by molar-refractivity contribution is -0.120.